The maximum absolute atomic E-state index is 11.9. The van der Waals surface area contributed by atoms with Gasteiger partial charge >= 0.3 is 6.03 Å². The van der Waals surface area contributed by atoms with Gasteiger partial charge in [-0.1, -0.05) is 11.6 Å². The average Bonchev–Trinajstić information content (AvgIpc) is 2.35. The highest BCUT2D eigenvalue weighted by Crippen LogP contribution is 2.26. The van der Waals surface area contributed by atoms with Gasteiger partial charge < -0.3 is 15.0 Å². The molecule has 4 nitrogen and oxygen atoms in total. The summed E-state index contributed by atoms with van der Waals surface area (Å²) in [5.41, 5.74) is 0.675. The van der Waals surface area contributed by atoms with Crippen LogP contribution in [0.25, 0.3) is 0 Å². The summed E-state index contributed by atoms with van der Waals surface area (Å²) in [7, 11) is 0. The molecule has 0 aliphatic carbocycles. The number of hydrogen-bond donors (Lipinski definition) is 1. The van der Waals surface area contributed by atoms with Crippen LogP contribution in [-0.4, -0.2) is 37.2 Å². The molecule has 2 amide bonds. The van der Waals surface area contributed by atoms with Gasteiger partial charge in [0, 0.05) is 22.6 Å². The molecule has 1 saturated heterocycles. The molecule has 0 spiro atoms. The third-order valence-corrected chi connectivity index (χ3v) is 3.39. The van der Waals surface area contributed by atoms with E-state index in [4.69, 9.17) is 16.3 Å². The minimum Gasteiger partial charge on any atom is -0.378 e. The molecule has 1 aromatic carbocycles. The van der Waals surface area contributed by atoms with Gasteiger partial charge in [-0.2, -0.15) is 0 Å². The van der Waals surface area contributed by atoms with E-state index < -0.39 is 0 Å². The van der Waals surface area contributed by atoms with Crippen molar-refractivity contribution in [3.05, 3.63) is 27.7 Å². The Bertz CT molecular complexity index is 422. The quantitative estimate of drug-likeness (QED) is 0.864. The summed E-state index contributed by atoms with van der Waals surface area (Å²) in [5.74, 6) is 0. The van der Waals surface area contributed by atoms with E-state index in [9.17, 15) is 4.79 Å². The van der Waals surface area contributed by atoms with Gasteiger partial charge in [0.1, 0.15) is 0 Å². The molecule has 0 atom stereocenters. The number of rotatable bonds is 1. The van der Waals surface area contributed by atoms with Crippen molar-refractivity contribution >= 4 is 39.2 Å². The molecule has 0 unspecified atom stereocenters. The fraction of sp³-hybridized carbons (Fsp3) is 0.364. The van der Waals surface area contributed by atoms with Gasteiger partial charge in [0.15, 0.2) is 0 Å². The zero-order chi connectivity index (χ0) is 12.3. The molecule has 0 saturated carbocycles. The Labute approximate surface area is 113 Å². The lowest BCUT2D eigenvalue weighted by Gasteiger charge is -2.27. The maximum atomic E-state index is 11.9. The van der Waals surface area contributed by atoms with Crippen molar-refractivity contribution in [1.82, 2.24) is 4.90 Å². The number of nitrogens with zero attached hydrogens (tertiary/aromatic N) is 1. The van der Waals surface area contributed by atoms with Crippen molar-refractivity contribution in [3.63, 3.8) is 0 Å². The number of amides is 2. The van der Waals surface area contributed by atoms with Crippen LogP contribution in [0.3, 0.4) is 0 Å². The molecule has 1 fully saturated rings. The van der Waals surface area contributed by atoms with Gasteiger partial charge in [-0.25, -0.2) is 4.79 Å². The number of morpholine rings is 1. The van der Waals surface area contributed by atoms with E-state index >= 15 is 0 Å². The molecule has 1 heterocycles. The van der Waals surface area contributed by atoms with Gasteiger partial charge in [0.2, 0.25) is 0 Å². The van der Waals surface area contributed by atoms with Gasteiger partial charge in [-0.15, -0.1) is 0 Å². The maximum Gasteiger partial charge on any atom is 0.322 e. The Morgan fingerprint density at radius 1 is 1.41 bits per heavy atom. The van der Waals surface area contributed by atoms with Gasteiger partial charge in [0.25, 0.3) is 0 Å². The minimum atomic E-state index is -0.128. The first kappa shape index (κ1) is 12.7. The Morgan fingerprint density at radius 3 is 2.82 bits per heavy atom. The second kappa shape index (κ2) is 5.71. The molecule has 2 rings (SSSR count). The second-order valence-electron chi connectivity index (χ2n) is 3.65. The monoisotopic (exact) mass is 318 g/mol. The van der Waals surface area contributed by atoms with Crippen LogP contribution in [0.15, 0.2) is 22.7 Å². The van der Waals surface area contributed by atoms with Gasteiger partial charge in [0.05, 0.1) is 18.9 Å². The topological polar surface area (TPSA) is 41.6 Å². The number of benzene rings is 1. The molecule has 0 aromatic heterocycles. The Morgan fingerprint density at radius 2 is 2.12 bits per heavy atom. The Kier molecular flexibility index (Phi) is 4.25. The predicted octanol–water partition coefficient (Wildman–Crippen LogP) is 2.97. The minimum absolute atomic E-state index is 0.128. The van der Waals surface area contributed by atoms with E-state index in [2.05, 4.69) is 21.2 Å². The zero-order valence-corrected chi connectivity index (χ0v) is 11.4. The highest BCUT2D eigenvalue weighted by atomic mass is 79.9. The standard InChI is InChI=1S/C11H12BrClN2O2/c12-9-2-1-8(13)7-10(9)14-11(16)15-3-5-17-6-4-15/h1-2,7H,3-6H2,(H,14,16). The number of nitrogens with one attached hydrogen (secondary N) is 1. The summed E-state index contributed by atoms with van der Waals surface area (Å²) in [6, 6.07) is 5.15. The van der Waals surface area contributed by atoms with Crippen molar-refractivity contribution in [1.29, 1.82) is 0 Å². The van der Waals surface area contributed by atoms with Crippen LogP contribution in [0, 0.1) is 0 Å². The first-order valence-corrected chi connectivity index (χ1v) is 6.42. The van der Waals surface area contributed by atoms with E-state index in [1.54, 1.807) is 23.1 Å². The van der Waals surface area contributed by atoms with Crippen LogP contribution in [0.2, 0.25) is 5.02 Å². The van der Waals surface area contributed by atoms with Crippen molar-refractivity contribution < 1.29 is 9.53 Å². The summed E-state index contributed by atoms with van der Waals surface area (Å²) in [4.78, 5) is 13.6. The molecule has 0 radical (unpaired) electrons. The molecule has 1 N–H and O–H groups in total. The lowest BCUT2D eigenvalue weighted by atomic mass is 10.3. The molecular formula is C11H12BrClN2O2. The normalized spacial score (nSPS) is 15.8. The van der Waals surface area contributed by atoms with Crippen molar-refractivity contribution in [2.75, 3.05) is 31.6 Å². The van der Waals surface area contributed by atoms with Crippen molar-refractivity contribution in [2.45, 2.75) is 0 Å². The fourth-order valence-corrected chi connectivity index (χ4v) is 2.07. The van der Waals surface area contributed by atoms with E-state index in [1.807, 2.05) is 0 Å². The smallest absolute Gasteiger partial charge is 0.322 e. The molecule has 17 heavy (non-hydrogen) atoms. The number of halogens is 2. The largest absolute Gasteiger partial charge is 0.378 e. The number of urea groups is 1. The SMILES string of the molecule is O=C(Nc1cc(Cl)ccc1Br)N1CCOCC1. The molecule has 1 aromatic rings. The average molecular weight is 320 g/mol. The molecule has 0 bridgehead atoms. The van der Waals surface area contributed by atoms with E-state index in [-0.39, 0.29) is 6.03 Å². The number of anilines is 1. The summed E-state index contributed by atoms with van der Waals surface area (Å²) in [5, 5.41) is 3.41. The number of carbonyl (C=O) groups excluding carboxylic acids is 1. The molecule has 1 aliphatic heterocycles. The number of carbonyl (C=O) groups is 1. The van der Waals surface area contributed by atoms with E-state index in [1.165, 1.54) is 0 Å². The summed E-state index contributed by atoms with van der Waals surface area (Å²) < 4.78 is 6.00. The molecular weight excluding hydrogens is 307 g/mol. The Hall–Kier alpha value is -0.780. The van der Waals surface area contributed by atoms with Crippen LogP contribution >= 0.6 is 27.5 Å². The third-order valence-electron chi connectivity index (χ3n) is 2.47. The molecule has 6 heteroatoms. The summed E-state index contributed by atoms with van der Waals surface area (Å²) in [6.07, 6.45) is 0. The fourth-order valence-electron chi connectivity index (χ4n) is 1.55. The highest BCUT2D eigenvalue weighted by Gasteiger charge is 2.17. The van der Waals surface area contributed by atoms with Crippen LogP contribution in [0.5, 0.6) is 0 Å². The van der Waals surface area contributed by atoms with E-state index in [0.717, 1.165) is 4.47 Å². The first-order valence-electron chi connectivity index (χ1n) is 5.25. The second-order valence-corrected chi connectivity index (χ2v) is 4.94. The first-order chi connectivity index (χ1) is 8.16. The zero-order valence-electron chi connectivity index (χ0n) is 9.08. The summed E-state index contributed by atoms with van der Waals surface area (Å²) in [6.45, 7) is 2.41. The van der Waals surface area contributed by atoms with Crippen LogP contribution in [-0.2, 0) is 4.74 Å². The van der Waals surface area contributed by atoms with Crippen molar-refractivity contribution in [3.8, 4) is 0 Å². The number of ether oxygens (including phenoxy) is 1. The van der Waals surface area contributed by atoms with Gasteiger partial charge in [-0.3, -0.25) is 0 Å². The number of hydrogen-bond acceptors (Lipinski definition) is 2. The third kappa shape index (κ3) is 3.34. The Balaban J connectivity index is 2.04. The predicted molar refractivity (Wildman–Crippen MR) is 70.6 cm³/mol. The van der Waals surface area contributed by atoms with Gasteiger partial charge in [-0.05, 0) is 34.1 Å². The summed E-state index contributed by atoms with van der Waals surface area (Å²) >= 11 is 9.25. The highest BCUT2D eigenvalue weighted by molar-refractivity contribution is 9.10. The van der Waals surface area contributed by atoms with E-state index in [0.29, 0.717) is 37.0 Å². The van der Waals surface area contributed by atoms with Crippen LogP contribution in [0.4, 0.5) is 10.5 Å². The van der Waals surface area contributed by atoms with Crippen LogP contribution in [0.1, 0.15) is 0 Å². The van der Waals surface area contributed by atoms with Crippen molar-refractivity contribution in [2.24, 2.45) is 0 Å². The lowest BCUT2D eigenvalue weighted by Crippen LogP contribution is -2.43. The van der Waals surface area contributed by atoms with Crippen LogP contribution < -0.4 is 5.32 Å². The lowest BCUT2D eigenvalue weighted by molar-refractivity contribution is 0.0564. The molecule has 1 aliphatic rings. The molecule has 92 valence electrons.